The third kappa shape index (κ3) is 4.76. The van der Waals surface area contributed by atoms with E-state index in [0.717, 1.165) is 19.3 Å². The van der Waals surface area contributed by atoms with Gasteiger partial charge in [0.25, 0.3) is 5.91 Å². The lowest BCUT2D eigenvalue weighted by molar-refractivity contribution is 0.0953. The van der Waals surface area contributed by atoms with Gasteiger partial charge in [0.05, 0.1) is 7.11 Å². The van der Waals surface area contributed by atoms with Gasteiger partial charge >= 0.3 is 0 Å². The molecule has 2 rings (SSSR count). The van der Waals surface area contributed by atoms with Crippen molar-refractivity contribution in [1.82, 2.24) is 9.62 Å². The van der Waals surface area contributed by atoms with Crippen LogP contribution in [-0.2, 0) is 10.0 Å². The molecule has 0 bridgehead atoms. The minimum atomic E-state index is -3.72. The fourth-order valence-corrected chi connectivity index (χ4v) is 5.30. The molecule has 0 radical (unpaired) electrons. The van der Waals surface area contributed by atoms with Crippen molar-refractivity contribution in [3.05, 3.63) is 23.8 Å². The first kappa shape index (κ1) is 20.7. The molecule has 1 aromatic rings. The Morgan fingerprint density at radius 3 is 2.50 bits per heavy atom. The van der Waals surface area contributed by atoms with Crippen LogP contribution in [0.5, 0.6) is 5.75 Å². The van der Waals surface area contributed by atoms with E-state index in [4.69, 9.17) is 4.74 Å². The second-order valence-electron chi connectivity index (χ2n) is 7.24. The molecule has 1 amide bonds. The maximum atomic E-state index is 13.2. The van der Waals surface area contributed by atoms with Crippen molar-refractivity contribution < 1.29 is 17.9 Å². The van der Waals surface area contributed by atoms with Crippen molar-refractivity contribution in [2.24, 2.45) is 11.8 Å². The number of amides is 1. The van der Waals surface area contributed by atoms with Gasteiger partial charge in [-0.2, -0.15) is 4.31 Å². The molecule has 1 saturated heterocycles. The number of carbonyl (C=O) groups excluding carboxylic acids is 1. The third-order valence-electron chi connectivity index (χ3n) is 4.69. The standard InChI is InChI=1S/C19H30N2O4S/c1-5-6-9-20-19(22)16-7-8-17(25-4)18(11-16)26(23,24)21-12-14(2)10-15(3)13-21/h7-8,11,14-15H,5-6,9-10,12-13H2,1-4H3,(H,20,22). The molecular weight excluding hydrogens is 352 g/mol. The number of piperidine rings is 1. The zero-order valence-electron chi connectivity index (χ0n) is 16.1. The number of carbonyl (C=O) groups is 1. The second kappa shape index (κ2) is 8.86. The van der Waals surface area contributed by atoms with Gasteiger partial charge in [0.2, 0.25) is 10.0 Å². The molecule has 146 valence electrons. The largest absolute Gasteiger partial charge is 0.495 e. The van der Waals surface area contributed by atoms with E-state index in [-0.39, 0.29) is 16.6 Å². The van der Waals surface area contributed by atoms with E-state index >= 15 is 0 Å². The molecule has 1 aliphatic heterocycles. The molecule has 1 heterocycles. The number of ether oxygens (including phenoxy) is 1. The number of sulfonamides is 1. The Hall–Kier alpha value is -1.60. The van der Waals surface area contributed by atoms with Crippen LogP contribution in [-0.4, -0.2) is 45.4 Å². The third-order valence-corrected chi connectivity index (χ3v) is 6.55. The van der Waals surface area contributed by atoms with Crippen LogP contribution in [0.15, 0.2) is 23.1 Å². The van der Waals surface area contributed by atoms with E-state index in [0.29, 0.717) is 37.0 Å². The minimum absolute atomic E-state index is 0.0597. The van der Waals surface area contributed by atoms with E-state index < -0.39 is 10.0 Å². The molecule has 1 aliphatic rings. The number of benzene rings is 1. The summed E-state index contributed by atoms with van der Waals surface area (Å²) >= 11 is 0. The summed E-state index contributed by atoms with van der Waals surface area (Å²) in [7, 11) is -2.28. The van der Waals surface area contributed by atoms with Gasteiger partial charge in [-0.15, -0.1) is 0 Å². The summed E-state index contributed by atoms with van der Waals surface area (Å²) in [6.45, 7) is 7.72. The highest BCUT2D eigenvalue weighted by Crippen LogP contribution is 2.32. The molecular formula is C19H30N2O4S. The van der Waals surface area contributed by atoms with E-state index in [1.165, 1.54) is 17.5 Å². The molecule has 0 aliphatic carbocycles. The van der Waals surface area contributed by atoms with Gasteiger partial charge < -0.3 is 10.1 Å². The Kier molecular flexibility index (Phi) is 7.06. The number of hydrogen-bond acceptors (Lipinski definition) is 4. The van der Waals surface area contributed by atoms with Crippen LogP contribution in [0.1, 0.15) is 50.4 Å². The number of nitrogens with zero attached hydrogens (tertiary/aromatic N) is 1. The van der Waals surface area contributed by atoms with Crippen molar-refractivity contribution in [2.45, 2.75) is 44.9 Å². The number of rotatable bonds is 7. The summed E-state index contributed by atoms with van der Waals surface area (Å²) in [5.41, 5.74) is 0.332. The molecule has 2 unspecified atom stereocenters. The van der Waals surface area contributed by atoms with Crippen LogP contribution in [0.2, 0.25) is 0 Å². The first-order valence-electron chi connectivity index (χ1n) is 9.26. The fraction of sp³-hybridized carbons (Fsp3) is 0.632. The van der Waals surface area contributed by atoms with Crippen molar-refractivity contribution >= 4 is 15.9 Å². The predicted octanol–water partition coefficient (Wildman–Crippen LogP) is 2.89. The maximum absolute atomic E-state index is 13.2. The average molecular weight is 383 g/mol. The topological polar surface area (TPSA) is 75.7 Å². The molecule has 6 nitrogen and oxygen atoms in total. The zero-order valence-corrected chi connectivity index (χ0v) is 16.9. The Morgan fingerprint density at radius 2 is 1.92 bits per heavy atom. The van der Waals surface area contributed by atoms with Crippen LogP contribution < -0.4 is 10.1 Å². The van der Waals surface area contributed by atoms with Crippen LogP contribution >= 0.6 is 0 Å². The van der Waals surface area contributed by atoms with Gasteiger partial charge in [-0.25, -0.2) is 8.42 Å². The normalized spacial score (nSPS) is 21.4. The summed E-state index contributed by atoms with van der Waals surface area (Å²) in [5.74, 6) is 0.610. The molecule has 0 saturated carbocycles. The summed E-state index contributed by atoms with van der Waals surface area (Å²) in [4.78, 5) is 12.4. The van der Waals surface area contributed by atoms with Gasteiger partial charge in [-0.05, 0) is 42.9 Å². The Balaban J connectivity index is 2.33. The molecule has 7 heteroatoms. The summed E-state index contributed by atoms with van der Waals surface area (Å²) in [6, 6.07) is 4.58. The highest BCUT2D eigenvalue weighted by molar-refractivity contribution is 7.89. The molecule has 26 heavy (non-hydrogen) atoms. The first-order valence-corrected chi connectivity index (χ1v) is 10.7. The smallest absolute Gasteiger partial charge is 0.251 e. The number of hydrogen-bond donors (Lipinski definition) is 1. The van der Waals surface area contributed by atoms with Gasteiger partial charge in [0, 0.05) is 25.2 Å². The van der Waals surface area contributed by atoms with Gasteiger partial charge in [0.1, 0.15) is 10.6 Å². The fourth-order valence-electron chi connectivity index (χ4n) is 3.44. The van der Waals surface area contributed by atoms with E-state index in [1.54, 1.807) is 12.1 Å². The van der Waals surface area contributed by atoms with Crippen molar-refractivity contribution in [1.29, 1.82) is 0 Å². The lowest BCUT2D eigenvalue weighted by Gasteiger charge is -2.34. The van der Waals surface area contributed by atoms with Gasteiger partial charge in [0.15, 0.2) is 0 Å². The average Bonchev–Trinajstić information content (AvgIpc) is 2.60. The van der Waals surface area contributed by atoms with E-state index in [9.17, 15) is 13.2 Å². The molecule has 0 spiro atoms. The Bertz CT molecular complexity index is 723. The number of nitrogens with one attached hydrogen (secondary N) is 1. The lowest BCUT2D eigenvalue weighted by atomic mass is 9.94. The second-order valence-corrected chi connectivity index (χ2v) is 9.15. The molecule has 1 fully saturated rings. The van der Waals surface area contributed by atoms with Gasteiger partial charge in [-0.3, -0.25) is 4.79 Å². The van der Waals surface area contributed by atoms with Gasteiger partial charge in [-0.1, -0.05) is 27.2 Å². The first-order chi connectivity index (χ1) is 12.3. The zero-order chi connectivity index (χ0) is 19.3. The Labute approximate surface area is 157 Å². The maximum Gasteiger partial charge on any atom is 0.251 e. The predicted molar refractivity (Wildman–Crippen MR) is 102 cm³/mol. The van der Waals surface area contributed by atoms with E-state index in [2.05, 4.69) is 19.2 Å². The quantitative estimate of drug-likeness (QED) is 0.736. The minimum Gasteiger partial charge on any atom is -0.495 e. The SMILES string of the molecule is CCCCNC(=O)c1ccc(OC)c(S(=O)(=O)N2CC(C)CC(C)C2)c1. The van der Waals surface area contributed by atoms with Crippen LogP contribution in [0.4, 0.5) is 0 Å². The van der Waals surface area contributed by atoms with E-state index in [1.807, 2.05) is 6.92 Å². The molecule has 1 aromatic carbocycles. The summed E-state index contributed by atoms with van der Waals surface area (Å²) in [5, 5.41) is 2.82. The number of methoxy groups -OCH3 is 1. The van der Waals surface area contributed by atoms with Crippen LogP contribution in [0, 0.1) is 11.8 Å². The highest BCUT2D eigenvalue weighted by Gasteiger charge is 2.34. The highest BCUT2D eigenvalue weighted by atomic mass is 32.2. The van der Waals surface area contributed by atoms with Crippen LogP contribution in [0.3, 0.4) is 0 Å². The lowest BCUT2D eigenvalue weighted by Crippen LogP contribution is -2.42. The number of unbranched alkanes of at least 4 members (excludes halogenated alkanes) is 1. The molecule has 1 N–H and O–H groups in total. The van der Waals surface area contributed by atoms with Crippen molar-refractivity contribution in [3.63, 3.8) is 0 Å². The summed E-state index contributed by atoms with van der Waals surface area (Å²) in [6.07, 6.45) is 2.88. The monoisotopic (exact) mass is 382 g/mol. The summed E-state index contributed by atoms with van der Waals surface area (Å²) < 4.78 is 33.2. The Morgan fingerprint density at radius 1 is 1.27 bits per heavy atom. The molecule has 0 aromatic heterocycles. The molecule has 2 atom stereocenters. The van der Waals surface area contributed by atoms with Crippen molar-refractivity contribution in [2.75, 3.05) is 26.7 Å². The van der Waals surface area contributed by atoms with Crippen molar-refractivity contribution in [3.8, 4) is 5.75 Å². The van der Waals surface area contributed by atoms with Crippen LogP contribution in [0.25, 0.3) is 0 Å².